The maximum atomic E-state index is 10.0. The first-order valence-corrected chi connectivity index (χ1v) is 7.41. The molecule has 24 heavy (non-hydrogen) atoms. The number of para-hydroxylation sites is 3. The van der Waals surface area contributed by atoms with E-state index < -0.39 is 5.97 Å². The van der Waals surface area contributed by atoms with Gasteiger partial charge >= 0.3 is 5.97 Å². The lowest BCUT2D eigenvalue weighted by Gasteiger charge is -2.03. The molecule has 0 saturated heterocycles. The summed E-state index contributed by atoms with van der Waals surface area (Å²) in [5, 5.41) is 8.25. The van der Waals surface area contributed by atoms with Gasteiger partial charge in [-0.3, -0.25) is 0 Å². The van der Waals surface area contributed by atoms with Crippen molar-refractivity contribution in [1.82, 2.24) is 0 Å². The van der Waals surface area contributed by atoms with Gasteiger partial charge in [-0.2, -0.15) is 0 Å². The molecule has 3 aromatic carbocycles. The topological polar surface area (TPSA) is 55.8 Å². The van der Waals surface area contributed by atoms with Crippen LogP contribution in [-0.4, -0.2) is 17.7 Å². The van der Waals surface area contributed by atoms with E-state index >= 15 is 0 Å². The third kappa shape index (κ3) is 6.66. The highest BCUT2D eigenvalue weighted by molar-refractivity contribution is 5.68. The summed E-state index contributed by atoms with van der Waals surface area (Å²) in [6.45, 7) is -0.288. The van der Waals surface area contributed by atoms with E-state index in [4.69, 9.17) is 14.6 Å². The van der Waals surface area contributed by atoms with Gasteiger partial charge in [0.05, 0.1) is 0 Å². The summed E-state index contributed by atoms with van der Waals surface area (Å²) in [5.41, 5.74) is 0. The van der Waals surface area contributed by atoms with Crippen LogP contribution >= 0.6 is 0 Å². The molecule has 3 aromatic rings. The van der Waals surface area contributed by atoms with Crippen molar-refractivity contribution < 1.29 is 19.4 Å². The second-order valence-electron chi connectivity index (χ2n) is 4.72. The van der Waals surface area contributed by atoms with Crippen LogP contribution in [0.4, 0.5) is 0 Å². The predicted molar refractivity (Wildman–Crippen MR) is 92.5 cm³/mol. The van der Waals surface area contributed by atoms with Crippen molar-refractivity contribution in [3.05, 3.63) is 91.0 Å². The zero-order valence-corrected chi connectivity index (χ0v) is 13.0. The Morgan fingerprint density at radius 1 is 0.667 bits per heavy atom. The number of ether oxygens (including phenoxy) is 2. The smallest absolute Gasteiger partial charge is 0.341 e. The lowest BCUT2D eigenvalue weighted by molar-refractivity contribution is -0.139. The average molecular weight is 322 g/mol. The van der Waals surface area contributed by atoms with Gasteiger partial charge in [-0.1, -0.05) is 54.6 Å². The minimum Gasteiger partial charge on any atom is -0.482 e. The molecule has 0 unspecified atom stereocenters. The third-order valence-corrected chi connectivity index (χ3v) is 2.83. The predicted octanol–water partition coefficient (Wildman–Crippen LogP) is 4.63. The van der Waals surface area contributed by atoms with Crippen molar-refractivity contribution in [3.8, 4) is 17.2 Å². The molecule has 4 nitrogen and oxygen atoms in total. The molecule has 0 spiro atoms. The Kier molecular flexibility index (Phi) is 6.90. The molecule has 0 heterocycles. The van der Waals surface area contributed by atoms with Crippen LogP contribution in [0, 0.1) is 0 Å². The molecular weight excluding hydrogens is 304 g/mol. The van der Waals surface area contributed by atoms with Gasteiger partial charge in [-0.05, 0) is 36.4 Å². The first-order valence-electron chi connectivity index (χ1n) is 7.41. The fraction of sp³-hybridized carbons (Fsp3) is 0.0500. The van der Waals surface area contributed by atoms with E-state index in [1.807, 2.05) is 66.7 Å². The van der Waals surface area contributed by atoms with Crippen molar-refractivity contribution in [2.24, 2.45) is 0 Å². The van der Waals surface area contributed by atoms with Gasteiger partial charge in [0.15, 0.2) is 6.61 Å². The Bertz CT molecular complexity index is 675. The molecule has 0 saturated carbocycles. The zero-order chi connectivity index (χ0) is 17.0. The van der Waals surface area contributed by atoms with E-state index in [1.165, 1.54) is 0 Å². The number of carboxylic acids is 1. The fourth-order valence-corrected chi connectivity index (χ4v) is 1.77. The maximum absolute atomic E-state index is 10.0. The lowest BCUT2D eigenvalue weighted by atomic mass is 10.3. The molecular formula is C20H18O4. The van der Waals surface area contributed by atoms with E-state index in [0.717, 1.165) is 11.5 Å². The van der Waals surface area contributed by atoms with E-state index in [0.29, 0.717) is 5.75 Å². The molecule has 0 atom stereocenters. The van der Waals surface area contributed by atoms with Gasteiger partial charge in [0.1, 0.15) is 17.2 Å². The number of aliphatic carboxylic acids is 1. The summed E-state index contributed by atoms with van der Waals surface area (Å²) >= 11 is 0. The summed E-state index contributed by atoms with van der Waals surface area (Å²) in [4.78, 5) is 10.0. The van der Waals surface area contributed by atoms with Crippen LogP contribution in [0.5, 0.6) is 17.2 Å². The third-order valence-electron chi connectivity index (χ3n) is 2.83. The normalized spacial score (nSPS) is 9.33. The van der Waals surface area contributed by atoms with Gasteiger partial charge in [-0.25, -0.2) is 4.79 Å². The first kappa shape index (κ1) is 17.1. The first-order chi connectivity index (χ1) is 11.7. The molecule has 0 radical (unpaired) electrons. The lowest BCUT2D eigenvalue weighted by Crippen LogP contribution is -2.09. The van der Waals surface area contributed by atoms with E-state index in [-0.39, 0.29) is 6.61 Å². The molecule has 1 N–H and O–H groups in total. The summed E-state index contributed by atoms with van der Waals surface area (Å²) < 4.78 is 10.4. The highest BCUT2D eigenvalue weighted by atomic mass is 16.5. The molecule has 0 amide bonds. The molecule has 0 aliphatic rings. The molecule has 122 valence electrons. The molecule has 3 rings (SSSR count). The van der Waals surface area contributed by atoms with Gasteiger partial charge < -0.3 is 14.6 Å². The van der Waals surface area contributed by atoms with Crippen LogP contribution in [-0.2, 0) is 4.79 Å². The van der Waals surface area contributed by atoms with Crippen molar-refractivity contribution in [1.29, 1.82) is 0 Å². The molecule has 4 heteroatoms. The second-order valence-corrected chi connectivity index (χ2v) is 4.72. The van der Waals surface area contributed by atoms with Crippen LogP contribution in [0.3, 0.4) is 0 Å². The largest absolute Gasteiger partial charge is 0.482 e. The maximum Gasteiger partial charge on any atom is 0.341 e. The quantitative estimate of drug-likeness (QED) is 0.744. The molecule has 0 fully saturated rings. The van der Waals surface area contributed by atoms with Gasteiger partial charge in [0, 0.05) is 0 Å². The second kappa shape index (κ2) is 9.69. The number of carbonyl (C=O) groups is 1. The molecule has 0 aliphatic carbocycles. The number of benzene rings is 3. The van der Waals surface area contributed by atoms with Crippen molar-refractivity contribution in [2.75, 3.05) is 6.61 Å². The van der Waals surface area contributed by atoms with Crippen molar-refractivity contribution in [3.63, 3.8) is 0 Å². The SMILES string of the molecule is O=C(O)COc1ccccc1.c1ccc(Oc2ccccc2)cc1. The van der Waals surface area contributed by atoms with Gasteiger partial charge in [0.2, 0.25) is 0 Å². The van der Waals surface area contributed by atoms with Crippen LogP contribution in [0.1, 0.15) is 0 Å². The summed E-state index contributed by atoms with van der Waals surface area (Å²) in [6, 6.07) is 28.4. The minimum absolute atomic E-state index is 0.288. The van der Waals surface area contributed by atoms with Crippen LogP contribution < -0.4 is 9.47 Å². The van der Waals surface area contributed by atoms with Gasteiger partial charge in [0.25, 0.3) is 0 Å². The summed E-state index contributed by atoms with van der Waals surface area (Å²) in [6.07, 6.45) is 0. The summed E-state index contributed by atoms with van der Waals surface area (Å²) in [7, 11) is 0. The number of rotatable bonds is 5. The fourth-order valence-electron chi connectivity index (χ4n) is 1.77. The number of hydrogen-bond donors (Lipinski definition) is 1. The van der Waals surface area contributed by atoms with Crippen LogP contribution in [0.25, 0.3) is 0 Å². The van der Waals surface area contributed by atoms with E-state index in [2.05, 4.69) is 0 Å². The van der Waals surface area contributed by atoms with Crippen molar-refractivity contribution in [2.45, 2.75) is 0 Å². The monoisotopic (exact) mass is 322 g/mol. The Balaban J connectivity index is 0.000000177. The van der Waals surface area contributed by atoms with Gasteiger partial charge in [-0.15, -0.1) is 0 Å². The highest BCUT2D eigenvalue weighted by Crippen LogP contribution is 2.19. The molecule has 0 aromatic heterocycles. The Labute approximate surface area is 140 Å². The highest BCUT2D eigenvalue weighted by Gasteiger charge is 1.96. The van der Waals surface area contributed by atoms with E-state index in [9.17, 15) is 4.79 Å². The standard InChI is InChI=1S/C12H10O.C8H8O3/c1-3-7-11(8-4-1)13-12-9-5-2-6-10-12;9-8(10)6-11-7-4-2-1-3-5-7/h1-10H;1-5H,6H2,(H,9,10). The van der Waals surface area contributed by atoms with E-state index in [1.54, 1.807) is 24.3 Å². The Morgan fingerprint density at radius 3 is 1.42 bits per heavy atom. The Hall–Kier alpha value is -3.27. The van der Waals surface area contributed by atoms with Crippen LogP contribution in [0.15, 0.2) is 91.0 Å². The number of carboxylic acid groups (broad SMARTS) is 1. The Morgan fingerprint density at radius 2 is 1.04 bits per heavy atom. The van der Waals surface area contributed by atoms with Crippen LogP contribution in [0.2, 0.25) is 0 Å². The molecule has 0 bridgehead atoms. The molecule has 0 aliphatic heterocycles. The summed E-state index contributed by atoms with van der Waals surface area (Å²) in [5.74, 6) is 1.35. The van der Waals surface area contributed by atoms with Crippen molar-refractivity contribution >= 4 is 5.97 Å². The minimum atomic E-state index is -0.964. The number of hydrogen-bond acceptors (Lipinski definition) is 3. The zero-order valence-electron chi connectivity index (χ0n) is 13.0. The average Bonchev–Trinajstić information content (AvgIpc) is 2.63.